The van der Waals surface area contributed by atoms with Crippen LogP contribution in [0.15, 0.2) is 22.7 Å². The van der Waals surface area contributed by atoms with Crippen molar-refractivity contribution in [2.45, 2.75) is 13.5 Å². The molecule has 0 aliphatic rings. The first-order chi connectivity index (χ1) is 8.49. The molecule has 6 heteroatoms. The van der Waals surface area contributed by atoms with E-state index in [4.69, 9.17) is 11.6 Å². The smallest absolute Gasteiger partial charge is 0.0865 e. The Balaban J connectivity index is 2.19. The van der Waals surface area contributed by atoms with E-state index in [0.29, 0.717) is 6.54 Å². The Morgan fingerprint density at radius 3 is 2.83 bits per heavy atom. The van der Waals surface area contributed by atoms with Gasteiger partial charge in [0, 0.05) is 20.8 Å². The summed E-state index contributed by atoms with van der Waals surface area (Å²) in [6.07, 6.45) is 0. The highest BCUT2D eigenvalue weighted by molar-refractivity contribution is 14.1. The number of rotatable bonds is 3. The minimum atomic E-state index is 0.648. The summed E-state index contributed by atoms with van der Waals surface area (Å²) in [5.41, 5.74) is 2.90. The number of aryl methyl sites for hydroxylation is 2. The molecule has 96 valence electrons. The Hall–Kier alpha value is -0.270. The van der Waals surface area contributed by atoms with Crippen LogP contribution in [0.1, 0.15) is 11.4 Å². The average Bonchev–Trinajstić information content (AvgIpc) is 2.55. The Morgan fingerprint density at radius 2 is 2.22 bits per heavy atom. The van der Waals surface area contributed by atoms with E-state index in [0.717, 1.165) is 26.6 Å². The molecule has 3 nitrogen and oxygen atoms in total. The molecule has 0 atom stereocenters. The molecular weight excluding hydrogens is 428 g/mol. The van der Waals surface area contributed by atoms with Crippen LogP contribution >= 0.6 is 50.1 Å². The van der Waals surface area contributed by atoms with Crippen molar-refractivity contribution < 1.29 is 0 Å². The second kappa shape index (κ2) is 5.79. The summed E-state index contributed by atoms with van der Waals surface area (Å²) >= 11 is 12.0. The quantitative estimate of drug-likeness (QED) is 0.719. The topological polar surface area (TPSA) is 29.9 Å². The third-order valence-corrected chi connectivity index (χ3v) is 4.49. The van der Waals surface area contributed by atoms with Crippen molar-refractivity contribution in [3.8, 4) is 0 Å². The molecule has 0 radical (unpaired) electrons. The number of anilines is 1. The highest BCUT2D eigenvalue weighted by Crippen LogP contribution is 2.26. The van der Waals surface area contributed by atoms with Crippen LogP contribution in [0.4, 0.5) is 5.69 Å². The molecule has 0 fully saturated rings. The number of hydrogen-bond donors (Lipinski definition) is 1. The van der Waals surface area contributed by atoms with E-state index >= 15 is 0 Å². The van der Waals surface area contributed by atoms with Gasteiger partial charge in [-0.15, -0.1) is 0 Å². The van der Waals surface area contributed by atoms with E-state index < -0.39 is 0 Å². The molecule has 2 aromatic rings. The molecule has 1 N–H and O–H groups in total. The molecule has 0 amide bonds. The summed E-state index contributed by atoms with van der Waals surface area (Å²) in [6, 6.07) is 6.17. The number of aromatic nitrogens is 2. The molecule has 1 aromatic carbocycles. The molecular formula is C12H12BrClIN3. The molecule has 0 spiro atoms. The molecule has 1 heterocycles. The summed E-state index contributed by atoms with van der Waals surface area (Å²) in [4.78, 5) is 0. The lowest BCUT2D eigenvalue weighted by molar-refractivity contribution is 0.713. The zero-order valence-electron chi connectivity index (χ0n) is 9.97. The van der Waals surface area contributed by atoms with Crippen LogP contribution in [0.3, 0.4) is 0 Å². The summed E-state index contributed by atoms with van der Waals surface area (Å²) in [5, 5.41) is 8.39. The van der Waals surface area contributed by atoms with Crippen molar-refractivity contribution in [2.24, 2.45) is 7.05 Å². The van der Waals surface area contributed by atoms with Crippen LogP contribution in [-0.4, -0.2) is 9.78 Å². The molecule has 0 unspecified atom stereocenters. The van der Waals surface area contributed by atoms with Crippen molar-refractivity contribution >= 4 is 55.8 Å². The van der Waals surface area contributed by atoms with Crippen molar-refractivity contribution in [3.63, 3.8) is 0 Å². The first-order valence-electron chi connectivity index (χ1n) is 5.36. The van der Waals surface area contributed by atoms with Gasteiger partial charge in [0.05, 0.1) is 23.0 Å². The number of nitrogens with zero attached hydrogens (tertiary/aromatic N) is 2. The average molecular weight is 441 g/mol. The molecule has 0 aliphatic heterocycles. The van der Waals surface area contributed by atoms with E-state index in [1.807, 2.05) is 24.7 Å². The number of halogens is 3. The molecule has 18 heavy (non-hydrogen) atoms. The van der Waals surface area contributed by atoms with Gasteiger partial charge in [-0.2, -0.15) is 5.10 Å². The molecule has 0 saturated carbocycles. The van der Waals surface area contributed by atoms with E-state index in [-0.39, 0.29) is 0 Å². The normalized spacial score (nSPS) is 10.7. The van der Waals surface area contributed by atoms with Crippen LogP contribution in [-0.2, 0) is 13.6 Å². The molecule has 0 bridgehead atoms. The zero-order valence-corrected chi connectivity index (χ0v) is 14.5. The second-order valence-corrected chi connectivity index (χ2v) is 6.43. The van der Waals surface area contributed by atoms with Crippen LogP contribution in [0.25, 0.3) is 0 Å². The van der Waals surface area contributed by atoms with Crippen molar-refractivity contribution in [3.05, 3.63) is 42.7 Å². The SMILES string of the molecule is Cc1nn(C)c(CNc2cc(I)ccc2Br)c1Cl. The zero-order chi connectivity index (χ0) is 13.3. The monoisotopic (exact) mass is 439 g/mol. The van der Waals surface area contributed by atoms with Gasteiger partial charge < -0.3 is 5.32 Å². The maximum absolute atomic E-state index is 6.21. The van der Waals surface area contributed by atoms with E-state index in [1.165, 1.54) is 3.57 Å². The fraction of sp³-hybridized carbons (Fsp3) is 0.250. The molecule has 2 rings (SSSR count). The minimum Gasteiger partial charge on any atom is -0.378 e. The first-order valence-corrected chi connectivity index (χ1v) is 7.61. The highest BCUT2D eigenvalue weighted by atomic mass is 127. The van der Waals surface area contributed by atoms with Crippen LogP contribution in [0, 0.1) is 10.5 Å². The first kappa shape index (κ1) is 14.1. The van der Waals surface area contributed by atoms with Crippen LogP contribution in [0.5, 0.6) is 0 Å². The summed E-state index contributed by atoms with van der Waals surface area (Å²) in [5.74, 6) is 0. The fourth-order valence-corrected chi connectivity index (χ4v) is 2.79. The van der Waals surface area contributed by atoms with Crippen molar-refractivity contribution in [2.75, 3.05) is 5.32 Å². The van der Waals surface area contributed by atoms with Crippen molar-refractivity contribution in [1.29, 1.82) is 0 Å². The Labute approximate surface area is 133 Å². The van der Waals surface area contributed by atoms with Crippen molar-refractivity contribution in [1.82, 2.24) is 9.78 Å². The largest absolute Gasteiger partial charge is 0.378 e. The van der Waals surface area contributed by atoms with Gasteiger partial charge in [-0.1, -0.05) is 11.6 Å². The van der Waals surface area contributed by atoms with Gasteiger partial charge in [-0.05, 0) is 63.6 Å². The predicted octanol–water partition coefficient (Wildman–Crippen LogP) is 4.36. The fourth-order valence-electron chi connectivity index (χ4n) is 1.68. The van der Waals surface area contributed by atoms with E-state index in [9.17, 15) is 0 Å². The maximum Gasteiger partial charge on any atom is 0.0865 e. The molecule has 0 aliphatic carbocycles. The second-order valence-electron chi connectivity index (χ2n) is 3.95. The summed E-state index contributed by atoms with van der Waals surface area (Å²) in [6.45, 7) is 2.56. The number of benzene rings is 1. The van der Waals surface area contributed by atoms with E-state index in [2.05, 4.69) is 61.1 Å². The number of nitrogens with one attached hydrogen (secondary N) is 1. The predicted molar refractivity (Wildman–Crippen MR) is 87.1 cm³/mol. The molecule has 1 aromatic heterocycles. The van der Waals surface area contributed by atoms with Gasteiger partial charge in [-0.25, -0.2) is 0 Å². The standard InChI is InChI=1S/C12H12BrClIN3/c1-7-12(14)11(18(2)17-7)6-16-10-5-8(15)3-4-9(10)13/h3-5,16H,6H2,1-2H3. The van der Waals surface area contributed by atoms with Gasteiger partial charge >= 0.3 is 0 Å². The van der Waals surface area contributed by atoms with Gasteiger partial charge in [0.1, 0.15) is 0 Å². The van der Waals surface area contributed by atoms with E-state index in [1.54, 1.807) is 0 Å². The van der Waals surface area contributed by atoms with Gasteiger partial charge in [0.2, 0.25) is 0 Å². The van der Waals surface area contributed by atoms with Gasteiger partial charge in [0.15, 0.2) is 0 Å². The van der Waals surface area contributed by atoms with Crippen LogP contribution in [0.2, 0.25) is 5.02 Å². The lowest BCUT2D eigenvalue weighted by Crippen LogP contribution is -2.06. The minimum absolute atomic E-state index is 0.648. The Bertz CT molecular complexity index is 583. The van der Waals surface area contributed by atoms with Gasteiger partial charge in [0.25, 0.3) is 0 Å². The van der Waals surface area contributed by atoms with Gasteiger partial charge in [-0.3, -0.25) is 4.68 Å². The summed E-state index contributed by atoms with van der Waals surface area (Å²) < 4.78 is 4.04. The highest BCUT2D eigenvalue weighted by Gasteiger charge is 2.11. The Kier molecular flexibility index (Phi) is 4.55. The lowest BCUT2D eigenvalue weighted by atomic mass is 10.3. The molecule has 0 saturated heterocycles. The summed E-state index contributed by atoms with van der Waals surface area (Å²) in [7, 11) is 1.90. The third-order valence-electron chi connectivity index (χ3n) is 2.64. The third kappa shape index (κ3) is 3.00. The number of hydrogen-bond acceptors (Lipinski definition) is 2. The Morgan fingerprint density at radius 1 is 1.50 bits per heavy atom. The lowest BCUT2D eigenvalue weighted by Gasteiger charge is -2.09. The van der Waals surface area contributed by atoms with Crippen LogP contribution < -0.4 is 5.32 Å². The maximum atomic E-state index is 6.21.